The van der Waals surface area contributed by atoms with Crippen molar-refractivity contribution in [3.05, 3.63) is 29.8 Å². The molecule has 0 spiro atoms. The summed E-state index contributed by atoms with van der Waals surface area (Å²) in [5, 5.41) is 5.93. The van der Waals surface area contributed by atoms with Gasteiger partial charge < -0.3 is 15.4 Å². The first-order valence-electron chi connectivity index (χ1n) is 10.0. The van der Waals surface area contributed by atoms with Gasteiger partial charge in [0.15, 0.2) is 0 Å². The molecule has 148 valence electrons. The van der Waals surface area contributed by atoms with Crippen LogP contribution in [0.4, 0.5) is 5.69 Å². The number of morpholine rings is 1. The lowest BCUT2D eigenvalue weighted by Gasteiger charge is -2.48. The Balaban J connectivity index is 1.55. The molecule has 1 heterocycles. The van der Waals surface area contributed by atoms with Crippen LogP contribution in [0.25, 0.3) is 0 Å². The van der Waals surface area contributed by atoms with Gasteiger partial charge in [-0.2, -0.15) is 0 Å². The van der Waals surface area contributed by atoms with Crippen LogP contribution in [-0.2, 0) is 20.7 Å². The molecule has 2 aliphatic rings. The molecule has 1 saturated carbocycles. The van der Waals surface area contributed by atoms with Crippen molar-refractivity contribution in [1.82, 2.24) is 10.2 Å². The van der Waals surface area contributed by atoms with Gasteiger partial charge >= 0.3 is 0 Å². The van der Waals surface area contributed by atoms with Crippen molar-refractivity contribution in [3.63, 3.8) is 0 Å². The summed E-state index contributed by atoms with van der Waals surface area (Å²) in [6.45, 7) is 5.69. The van der Waals surface area contributed by atoms with Crippen molar-refractivity contribution >= 4 is 17.5 Å². The Morgan fingerprint density at radius 1 is 1.07 bits per heavy atom. The maximum Gasteiger partial charge on any atom is 0.224 e. The first-order valence-corrected chi connectivity index (χ1v) is 10.0. The summed E-state index contributed by atoms with van der Waals surface area (Å²) in [5.74, 6) is -0.0399. The lowest BCUT2D eigenvalue weighted by molar-refractivity contribution is -0.121. The van der Waals surface area contributed by atoms with Crippen LogP contribution in [0.1, 0.15) is 44.6 Å². The van der Waals surface area contributed by atoms with Gasteiger partial charge in [0.2, 0.25) is 11.8 Å². The van der Waals surface area contributed by atoms with E-state index in [9.17, 15) is 9.59 Å². The molecule has 0 bridgehead atoms. The summed E-state index contributed by atoms with van der Waals surface area (Å²) in [6.07, 6.45) is 6.42. The molecule has 1 aliphatic heterocycles. The summed E-state index contributed by atoms with van der Waals surface area (Å²) in [5.41, 5.74) is 1.79. The number of anilines is 1. The number of nitrogens with zero attached hydrogens (tertiary/aromatic N) is 1. The molecular weight excluding hydrogens is 342 g/mol. The second kappa shape index (κ2) is 9.33. The van der Waals surface area contributed by atoms with Crippen molar-refractivity contribution in [2.45, 2.75) is 51.0 Å². The SMILES string of the molecule is CC(=O)Nc1ccc(CC(=O)NCC2(N3CCOCC3)CCCCC2)cc1. The quantitative estimate of drug-likeness (QED) is 0.803. The van der Waals surface area contributed by atoms with E-state index in [1.165, 1.54) is 26.2 Å². The Bertz CT molecular complexity index is 633. The molecular formula is C21H31N3O3. The highest BCUT2D eigenvalue weighted by molar-refractivity contribution is 5.88. The van der Waals surface area contributed by atoms with Gasteiger partial charge in [-0.1, -0.05) is 31.4 Å². The molecule has 27 heavy (non-hydrogen) atoms. The topological polar surface area (TPSA) is 70.7 Å². The van der Waals surface area contributed by atoms with E-state index in [0.29, 0.717) is 6.42 Å². The van der Waals surface area contributed by atoms with Gasteiger partial charge in [-0.05, 0) is 30.5 Å². The van der Waals surface area contributed by atoms with Crippen LogP contribution >= 0.6 is 0 Å². The largest absolute Gasteiger partial charge is 0.379 e. The van der Waals surface area contributed by atoms with Gasteiger partial charge in [-0.25, -0.2) is 0 Å². The molecule has 2 fully saturated rings. The van der Waals surface area contributed by atoms with Crippen molar-refractivity contribution in [1.29, 1.82) is 0 Å². The molecule has 1 aromatic rings. The average molecular weight is 373 g/mol. The van der Waals surface area contributed by atoms with Crippen LogP contribution in [0.5, 0.6) is 0 Å². The van der Waals surface area contributed by atoms with E-state index in [4.69, 9.17) is 4.74 Å². The van der Waals surface area contributed by atoms with E-state index >= 15 is 0 Å². The zero-order chi connectivity index (χ0) is 19.1. The van der Waals surface area contributed by atoms with Crippen LogP contribution < -0.4 is 10.6 Å². The third kappa shape index (κ3) is 5.53. The second-order valence-electron chi connectivity index (χ2n) is 7.72. The van der Waals surface area contributed by atoms with Gasteiger partial charge in [-0.15, -0.1) is 0 Å². The van der Waals surface area contributed by atoms with Crippen LogP contribution in [-0.4, -0.2) is 55.1 Å². The molecule has 3 rings (SSSR count). The van der Waals surface area contributed by atoms with Gasteiger partial charge in [0.1, 0.15) is 0 Å². The molecule has 1 saturated heterocycles. The van der Waals surface area contributed by atoms with E-state index < -0.39 is 0 Å². The maximum absolute atomic E-state index is 12.5. The fourth-order valence-corrected chi connectivity index (χ4v) is 4.27. The number of nitrogens with one attached hydrogen (secondary N) is 2. The number of ether oxygens (including phenoxy) is 1. The van der Waals surface area contributed by atoms with Crippen molar-refractivity contribution in [2.75, 3.05) is 38.2 Å². The molecule has 2 N–H and O–H groups in total. The highest BCUT2D eigenvalue weighted by Gasteiger charge is 2.38. The first-order chi connectivity index (χ1) is 13.1. The summed E-state index contributed by atoms with van der Waals surface area (Å²) in [4.78, 5) is 26.1. The van der Waals surface area contributed by atoms with Gasteiger partial charge in [-0.3, -0.25) is 14.5 Å². The Kier molecular flexibility index (Phi) is 6.85. The Morgan fingerprint density at radius 3 is 2.37 bits per heavy atom. The van der Waals surface area contributed by atoms with Gasteiger partial charge in [0, 0.05) is 37.8 Å². The minimum Gasteiger partial charge on any atom is -0.379 e. The van der Waals surface area contributed by atoms with Crippen molar-refractivity contribution in [2.24, 2.45) is 0 Å². The van der Waals surface area contributed by atoms with Gasteiger partial charge in [0.25, 0.3) is 0 Å². The number of carbonyl (C=O) groups is 2. The van der Waals surface area contributed by atoms with Crippen LogP contribution in [0.3, 0.4) is 0 Å². The number of hydrogen-bond donors (Lipinski definition) is 2. The van der Waals surface area contributed by atoms with Crippen molar-refractivity contribution in [3.8, 4) is 0 Å². The molecule has 0 atom stereocenters. The van der Waals surface area contributed by atoms with Crippen LogP contribution in [0, 0.1) is 0 Å². The number of rotatable bonds is 6. The molecule has 2 amide bonds. The van der Waals surface area contributed by atoms with Crippen LogP contribution in [0.15, 0.2) is 24.3 Å². The van der Waals surface area contributed by atoms with Crippen LogP contribution in [0.2, 0.25) is 0 Å². The predicted molar refractivity (Wildman–Crippen MR) is 106 cm³/mol. The third-order valence-electron chi connectivity index (χ3n) is 5.72. The summed E-state index contributed by atoms with van der Waals surface area (Å²) >= 11 is 0. The smallest absolute Gasteiger partial charge is 0.224 e. The third-order valence-corrected chi connectivity index (χ3v) is 5.72. The minimum atomic E-state index is -0.0959. The molecule has 0 unspecified atom stereocenters. The van der Waals surface area contributed by atoms with E-state index in [1.807, 2.05) is 24.3 Å². The fourth-order valence-electron chi connectivity index (χ4n) is 4.27. The highest BCUT2D eigenvalue weighted by Crippen LogP contribution is 2.33. The Hall–Kier alpha value is -1.92. The maximum atomic E-state index is 12.5. The average Bonchev–Trinajstić information content (AvgIpc) is 2.69. The number of benzene rings is 1. The van der Waals surface area contributed by atoms with Gasteiger partial charge in [0.05, 0.1) is 19.6 Å². The fraction of sp³-hybridized carbons (Fsp3) is 0.619. The normalized spacial score (nSPS) is 20.0. The zero-order valence-corrected chi connectivity index (χ0v) is 16.3. The van der Waals surface area contributed by atoms with Crippen molar-refractivity contribution < 1.29 is 14.3 Å². The first kappa shape index (κ1) is 19.8. The van der Waals surface area contributed by atoms with E-state index in [0.717, 1.165) is 56.9 Å². The standard InChI is InChI=1S/C21H31N3O3/c1-17(25)23-19-7-5-18(6-8-19)15-20(26)22-16-21(9-3-2-4-10-21)24-11-13-27-14-12-24/h5-8H,2-4,9-16H2,1H3,(H,22,26)(H,23,25). The molecule has 1 aliphatic carbocycles. The zero-order valence-electron chi connectivity index (χ0n) is 16.3. The summed E-state index contributed by atoms with van der Waals surface area (Å²) in [6, 6.07) is 7.45. The lowest BCUT2D eigenvalue weighted by atomic mass is 9.79. The highest BCUT2D eigenvalue weighted by atomic mass is 16.5. The van der Waals surface area contributed by atoms with E-state index in [2.05, 4.69) is 15.5 Å². The molecule has 6 heteroatoms. The minimum absolute atomic E-state index is 0.0560. The lowest BCUT2D eigenvalue weighted by Crippen LogP contribution is -2.59. The van der Waals surface area contributed by atoms with E-state index in [-0.39, 0.29) is 17.4 Å². The second-order valence-corrected chi connectivity index (χ2v) is 7.72. The monoisotopic (exact) mass is 373 g/mol. The van der Waals surface area contributed by atoms with E-state index in [1.54, 1.807) is 0 Å². The molecule has 0 radical (unpaired) electrons. The molecule has 0 aromatic heterocycles. The number of amides is 2. The Morgan fingerprint density at radius 2 is 1.74 bits per heavy atom. The number of carbonyl (C=O) groups excluding carboxylic acids is 2. The number of hydrogen-bond acceptors (Lipinski definition) is 4. The predicted octanol–water partition coefficient (Wildman–Crippen LogP) is 2.34. The molecule has 6 nitrogen and oxygen atoms in total. The Labute approximate surface area is 161 Å². The summed E-state index contributed by atoms with van der Waals surface area (Å²) in [7, 11) is 0. The molecule has 1 aromatic carbocycles. The summed E-state index contributed by atoms with van der Waals surface area (Å²) < 4.78 is 5.52.